The Hall–Kier alpha value is -4.14. The lowest BCUT2D eigenvalue weighted by molar-refractivity contribution is -0.134. The van der Waals surface area contributed by atoms with E-state index in [1.165, 1.54) is 38.5 Å². The van der Waals surface area contributed by atoms with E-state index in [0.717, 1.165) is 13.8 Å². The van der Waals surface area contributed by atoms with E-state index in [1.807, 2.05) is 0 Å². The molecule has 0 aliphatic rings. The maximum Gasteiger partial charge on any atom is 0.308 e. The van der Waals surface area contributed by atoms with E-state index in [2.05, 4.69) is 0 Å². The van der Waals surface area contributed by atoms with Gasteiger partial charge < -0.3 is 23.4 Å². The molecule has 31 heavy (non-hydrogen) atoms. The van der Waals surface area contributed by atoms with Gasteiger partial charge in [-0.3, -0.25) is 19.2 Å². The van der Waals surface area contributed by atoms with Gasteiger partial charge in [0.05, 0.1) is 12.7 Å². The summed E-state index contributed by atoms with van der Waals surface area (Å²) in [6.45, 7) is 3.57. The molecule has 160 valence electrons. The van der Waals surface area contributed by atoms with Crippen molar-refractivity contribution in [2.45, 2.75) is 20.8 Å². The molecule has 1 heterocycles. The van der Waals surface area contributed by atoms with Gasteiger partial charge in [0.15, 0.2) is 11.5 Å². The van der Waals surface area contributed by atoms with Crippen molar-refractivity contribution in [3.8, 4) is 34.1 Å². The highest BCUT2D eigenvalue weighted by Gasteiger charge is 2.25. The van der Waals surface area contributed by atoms with Gasteiger partial charge in [-0.05, 0) is 17.7 Å². The number of carbonyl (C=O) groups excluding carboxylic acids is 3. The van der Waals surface area contributed by atoms with Gasteiger partial charge >= 0.3 is 17.9 Å². The molecule has 9 heteroatoms. The summed E-state index contributed by atoms with van der Waals surface area (Å²) in [7, 11) is 1.32. The zero-order valence-electron chi connectivity index (χ0n) is 17.1. The standard InChI is InChI=1S/C22H18O9/c1-11(23)29-15-7-5-14(6-8-15)16-10-28-17-9-18(27-4)21(30-12(2)24)22(31-13(3)25)19(17)20(16)26/h5-10H,1-4H3. The average Bonchev–Trinajstić information content (AvgIpc) is 2.69. The summed E-state index contributed by atoms with van der Waals surface area (Å²) >= 11 is 0. The Morgan fingerprint density at radius 1 is 0.839 bits per heavy atom. The second kappa shape index (κ2) is 8.70. The highest BCUT2D eigenvalue weighted by Crippen LogP contribution is 2.43. The van der Waals surface area contributed by atoms with Crippen molar-refractivity contribution < 1.29 is 37.7 Å². The number of hydrogen-bond donors (Lipinski definition) is 0. The third-order valence-electron chi connectivity index (χ3n) is 4.08. The van der Waals surface area contributed by atoms with Gasteiger partial charge in [-0.2, -0.15) is 0 Å². The Balaban J connectivity index is 2.26. The molecule has 0 amide bonds. The van der Waals surface area contributed by atoms with Gasteiger partial charge in [-0.1, -0.05) is 12.1 Å². The highest BCUT2D eigenvalue weighted by atomic mass is 16.6. The quantitative estimate of drug-likeness (QED) is 0.447. The fourth-order valence-corrected chi connectivity index (χ4v) is 2.91. The number of esters is 3. The first-order valence-corrected chi connectivity index (χ1v) is 9.03. The zero-order chi connectivity index (χ0) is 22.7. The lowest BCUT2D eigenvalue weighted by Crippen LogP contribution is -2.13. The summed E-state index contributed by atoms with van der Waals surface area (Å²) in [4.78, 5) is 47.7. The maximum atomic E-state index is 13.3. The van der Waals surface area contributed by atoms with Crippen molar-refractivity contribution in [3.63, 3.8) is 0 Å². The predicted molar refractivity (Wildman–Crippen MR) is 108 cm³/mol. The van der Waals surface area contributed by atoms with Gasteiger partial charge in [-0.25, -0.2) is 0 Å². The molecule has 3 rings (SSSR count). The Morgan fingerprint density at radius 3 is 1.97 bits per heavy atom. The molecule has 0 spiro atoms. The summed E-state index contributed by atoms with van der Waals surface area (Å²) < 4.78 is 26.2. The highest BCUT2D eigenvalue weighted by molar-refractivity contribution is 5.94. The third-order valence-corrected chi connectivity index (χ3v) is 4.08. The van der Waals surface area contributed by atoms with Crippen LogP contribution in [0.1, 0.15) is 20.8 Å². The van der Waals surface area contributed by atoms with Crippen LogP contribution in [0.3, 0.4) is 0 Å². The largest absolute Gasteiger partial charge is 0.493 e. The van der Waals surface area contributed by atoms with Crippen molar-refractivity contribution in [1.29, 1.82) is 0 Å². The number of benzene rings is 2. The summed E-state index contributed by atoms with van der Waals surface area (Å²) in [5, 5.41) is -0.103. The minimum absolute atomic E-state index is 0.0422. The molecule has 0 saturated carbocycles. The normalized spacial score (nSPS) is 10.5. The first-order chi connectivity index (χ1) is 14.7. The molecule has 1 aromatic heterocycles. The minimum atomic E-state index is -0.738. The molecule has 0 N–H and O–H groups in total. The van der Waals surface area contributed by atoms with Crippen molar-refractivity contribution in [3.05, 3.63) is 46.8 Å². The van der Waals surface area contributed by atoms with Gasteiger partial charge in [0, 0.05) is 26.8 Å². The number of ether oxygens (including phenoxy) is 4. The van der Waals surface area contributed by atoms with E-state index < -0.39 is 23.3 Å². The molecule has 0 atom stereocenters. The molecule has 2 aromatic carbocycles. The Kier molecular flexibility index (Phi) is 6.05. The van der Waals surface area contributed by atoms with E-state index in [4.69, 9.17) is 23.4 Å². The predicted octanol–water partition coefficient (Wildman–Crippen LogP) is 3.24. The number of hydrogen-bond acceptors (Lipinski definition) is 9. The molecular weight excluding hydrogens is 408 g/mol. The van der Waals surface area contributed by atoms with E-state index in [-0.39, 0.29) is 33.8 Å². The van der Waals surface area contributed by atoms with E-state index in [9.17, 15) is 19.2 Å². The molecule has 0 unspecified atom stereocenters. The van der Waals surface area contributed by atoms with E-state index in [0.29, 0.717) is 11.3 Å². The van der Waals surface area contributed by atoms with Crippen LogP contribution in [0.4, 0.5) is 0 Å². The van der Waals surface area contributed by atoms with Crippen LogP contribution in [0.25, 0.3) is 22.1 Å². The number of rotatable bonds is 5. The van der Waals surface area contributed by atoms with Crippen LogP contribution in [0.2, 0.25) is 0 Å². The van der Waals surface area contributed by atoms with Crippen LogP contribution in [0, 0.1) is 0 Å². The van der Waals surface area contributed by atoms with Gasteiger partial charge in [-0.15, -0.1) is 0 Å². The van der Waals surface area contributed by atoms with Crippen LogP contribution in [-0.4, -0.2) is 25.0 Å². The van der Waals surface area contributed by atoms with Crippen LogP contribution in [0.15, 0.2) is 45.8 Å². The third kappa shape index (κ3) is 4.55. The fraction of sp³-hybridized carbons (Fsp3) is 0.182. The lowest BCUT2D eigenvalue weighted by atomic mass is 10.0. The molecule has 0 aliphatic heterocycles. The van der Waals surface area contributed by atoms with Crippen LogP contribution < -0.4 is 24.4 Å². The first kappa shape index (κ1) is 21.6. The lowest BCUT2D eigenvalue weighted by Gasteiger charge is -2.15. The molecule has 0 aliphatic carbocycles. The Morgan fingerprint density at radius 2 is 1.42 bits per heavy atom. The Labute approximate surface area is 176 Å². The summed E-state index contributed by atoms with van der Waals surface area (Å²) in [5.74, 6) is -2.07. The van der Waals surface area contributed by atoms with Crippen molar-refractivity contribution in [1.82, 2.24) is 0 Å². The fourth-order valence-electron chi connectivity index (χ4n) is 2.91. The molecule has 3 aromatic rings. The summed E-state index contributed by atoms with van der Waals surface area (Å²) in [6.07, 6.45) is 1.24. The Bertz CT molecular complexity index is 1240. The second-order valence-corrected chi connectivity index (χ2v) is 6.39. The van der Waals surface area contributed by atoms with Crippen LogP contribution in [-0.2, 0) is 14.4 Å². The van der Waals surface area contributed by atoms with Crippen molar-refractivity contribution >= 4 is 28.9 Å². The molecule has 0 bridgehead atoms. The summed E-state index contributed by atoms with van der Waals surface area (Å²) in [5.41, 5.74) is 0.141. The number of carbonyl (C=O) groups is 3. The van der Waals surface area contributed by atoms with Crippen molar-refractivity contribution in [2.75, 3.05) is 7.11 Å². The molecule has 0 fully saturated rings. The number of methoxy groups -OCH3 is 1. The topological polar surface area (TPSA) is 118 Å². The van der Waals surface area contributed by atoms with Gasteiger partial charge in [0.2, 0.25) is 11.2 Å². The van der Waals surface area contributed by atoms with Crippen molar-refractivity contribution in [2.24, 2.45) is 0 Å². The summed E-state index contributed by atoms with van der Waals surface area (Å²) in [6, 6.07) is 7.53. The van der Waals surface area contributed by atoms with E-state index in [1.54, 1.807) is 12.1 Å². The minimum Gasteiger partial charge on any atom is -0.493 e. The van der Waals surface area contributed by atoms with Crippen LogP contribution >= 0.6 is 0 Å². The first-order valence-electron chi connectivity index (χ1n) is 9.03. The maximum absolute atomic E-state index is 13.3. The number of fused-ring (bicyclic) bond motifs is 1. The van der Waals surface area contributed by atoms with Gasteiger partial charge in [0.1, 0.15) is 23.0 Å². The molecule has 9 nitrogen and oxygen atoms in total. The average molecular weight is 426 g/mol. The smallest absolute Gasteiger partial charge is 0.308 e. The molecular formula is C22H18O9. The van der Waals surface area contributed by atoms with E-state index >= 15 is 0 Å². The van der Waals surface area contributed by atoms with Gasteiger partial charge in [0.25, 0.3) is 0 Å². The monoisotopic (exact) mass is 426 g/mol. The molecule has 0 saturated heterocycles. The SMILES string of the molecule is COc1cc2occ(-c3ccc(OC(C)=O)cc3)c(=O)c2c(OC(C)=O)c1OC(C)=O. The second-order valence-electron chi connectivity index (χ2n) is 6.39. The van der Waals surface area contributed by atoms with Crippen LogP contribution in [0.5, 0.6) is 23.0 Å². The zero-order valence-corrected chi connectivity index (χ0v) is 17.1. The molecule has 0 radical (unpaired) electrons.